The first kappa shape index (κ1) is 20.7. The number of esters is 1. The van der Waals surface area contributed by atoms with Crippen molar-refractivity contribution in [3.63, 3.8) is 0 Å². The van der Waals surface area contributed by atoms with E-state index in [1.165, 1.54) is 5.56 Å². The Hall–Kier alpha value is -2.34. The van der Waals surface area contributed by atoms with Gasteiger partial charge in [-0.1, -0.05) is 30.4 Å². The van der Waals surface area contributed by atoms with Crippen LogP contribution in [0, 0.1) is 20.8 Å². The van der Waals surface area contributed by atoms with Crippen LogP contribution >= 0.6 is 0 Å². The van der Waals surface area contributed by atoms with Crippen LogP contribution in [-0.2, 0) is 14.3 Å². The molecule has 0 saturated carbocycles. The normalized spacial score (nSPS) is 10.8. The van der Waals surface area contributed by atoms with Gasteiger partial charge in [-0.2, -0.15) is 0 Å². The van der Waals surface area contributed by atoms with Gasteiger partial charge >= 0.3 is 11.9 Å². The Bertz CT molecular complexity index is 533. The van der Waals surface area contributed by atoms with Crippen LogP contribution in [0.15, 0.2) is 24.8 Å². The predicted molar refractivity (Wildman–Crippen MR) is 91.6 cm³/mol. The van der Waals surface area contributed by atoms with Gasteiger partial charge in [0.25, 0.3) is 0 Å². The van der Waals surface area contributed by atoms with Gasteiger partial charge in [-0.3, -0.25) is 4.79 Å². The van der Waals surface area contributed by atoms with Crippen molar-refractivity contribution in [2.45, 2.75) is 33.7 Å². The molecule has 128 valence electrons. The van der Waals surface area contributed by atoms with Crippen LogP contribution in [0.25, 0.3) is 0 Å². The summed E-state index contributed by atoms with van der Waals surface area (Å²) in [7, 11) is 0. The lowest BCUT2D eigenvalue weighted by molar-refractivity contribution is -0.143. The van der Waals surface area contributed by atoms with E-state index < -0.39 is 5.97 Å². The molecule has 0 fully saturated rings. The lowest BCUT2D eigenvalue weighted by Crippen LogP contribution is -2.29. The number of hydrogen-bond acceptors (Lipinski definition) is 5. The molecule has 0 unspecified atom stereocenters. The zero-order valence-electron chi connectivity index (χ0n) is 14.2. The molecule has 0 radical (unpaired) electrons. The summed E-state index contributed by atoms with van der Waals surface area (Å²) in [5.74, 6) is -1.24. The third-order valence-corrected chi connectivity index (χ3v) is 2.91. The van der Waals surface area contributed by atoms with E-state index in [4.69, 9.17) is 9.84 Å². The Kier molecular flexibility index (Phi) is 9.34. The smallest absolute Gasteiger partial charge is 0.328 e. The highest BCUT2D eigenvalue weighted by Crippen LogP contribution is 2.22. The number of aliphatic carboxylic acids is 1. The second kappa shape index (κ2) is 10.4. The first-order valence-corrected chi connectivity index (χ1v) is 7.26. The van der Waals surface area contributed by atoms with Crippen LogP contribution < -0.4 is 11.1 Å². The van der Waals surface area contributed by atoms with Gasteiger partial charge in [-0.15, -0.1) is 0 Å². The monoisotopic (exact) mass is 322 g/mol. The van der Waals surface area contributed by atoms with E-state index >= 15 is 0 Å². The van der Waals surface area contributed by atoms with Gasteiger partial charge < -0.3 is 20.9 Å². The van der Waals surface area contributed by atoms with Crippen molar-refractivity contribution in [1.29, 1.82) is 0 Å². The molecule has 4 N–H and O–H groups in total. The van der Waals surface area contributed by atoms with Crippen LogP contribution in [0.5, 0.6) is 0 Å². The number of nitrogens with one attached hydrogen (secondary N) is 1. The van der Waals surface area contributed by atoms with E-state index in [1.54, 1.807) is 13.0 Å². The molecular formula is C17H26N2O4. The number of carboxylic acid groups (broad SMARTS) is 1. The molecule has 0 aliphatic rings. The molecule has 0 amide bonds. The van der Waals surface area contributed by atoms with E-state index in [0.29, 0.717) is 0 Å². The third-order valence-electron chi connectivity index (χ3n) is 2.91. The van der Waals surface area contributed by atoms with E-state index in [9.17, 15) is 9.59 Å². The highest BCUT2D eigenvalue weighted by Gasteiger charge is 2.15. The molecule has 0 heterocycles. The lowest BCUT2D eigenvalue weighted by atomic mass is 10.0. The maximum Gasteiger partial charge on any atom is 0.328 e. The fourth-order valence-corrected chi connectivity index (χ4v) is 1.95. The Balaban J connectivity index is 0.000000841. The summed E-state index contributed by atoms with van der Waals surface area (Å²) in [6, 6.07) is 3.82. The van der Waals surface area contributed by atoms with Gasteiger partial charge in [0.05, 0.1) is 6.54 Å². The predicted octanol–water partition coefficient (Wildman–Crippen LogP) is 2.17. The third kappa shape index (κ3) is 8.01. The number of hydrogen-bond donors (Lipinski definition) is 3. The summed E-state index contributed by atoms with van der Waals surface area (Å²) >= 11 is 0. The van der Waals surface area contributed by atoms with Crippen LogP contribution in [0.4, 0.5) is 5.69 Å². The molecule has 1 aromatic rings. The van der Waals surface area contributed by atoms with E-state index in [0.717, 1.165) is 16.8 Å². The van der Waals surface area contributed by atoms with Crippen molar-refractivity contribution in [1.82, 2.24) is 0 Å². The largest absolute Gasteiger partial charge is 0.480 e. The fraction of sp³-hybridized carbons (Fsp3) is 0.412. The Morgan fingerprint density at radius 3 is 2.22 bits per heavy atom. The number of benzene rings is 1. The van der Waals surface area contributed by atoms with Gasteiger partial charge in [0, 0.05) is 5.69 Å². The second-order valence-electron chi connectivity index (χ2n) is 5.16. The number of carbonyl (C=O) groups excluding carboxylic acids is 1. The SMILES string of the molecule is C=CCOC(=O)[C@H](C)Nc1c(C)cc(C)cc1C.NCC(=O)O. The fourth-order valence-electron chi connectivity index (χ4n) is 1.95. The molecule has 0 aromatic heterocycles. The van der Waals surface area contributed by atoms with Gasteiger partial charge in [-0.25, -0.2) is 4.79 Å². The zero-order chi connectivity index (χ0) is 18.0. The number of ether oxygens (including phenoxy) is 1. The van der Waals surface area contributed by atoms with Crippen molar-refractivity contribution in [2.24, 2.45) is 5.73 Å². The van der Waals surface area contributed by atoms with Gasteiger partial charge in [0.15, 0.2) is 0 Å². The molecule has 0 saturated heterocycles. The van der Waals surface area contributed by atoms with Crippen LogP contribution in [-0.4, -0.2) is 36.2 Å². The minimum Gasteiger partial charge on any atom is -0.480 e. The van der Waals surface area contributed by atoms with E-state index in [-0.39, 0.29) is 25.2 Å². The van der Waals surface area contributed by atoms with Crippen molar-refractivity contribution in [3.05, 3.63) is 41.5 Å². The molecule has 1 rings (SSSR count). The summed E-state index contributed by atoms with van der Waals surface area (Å²) in [6.07, 6.45) is 1.56. The van der Waals surface area contributed by atoms with Crippen LogP contribution in [0.2, 0.25) is 0 Å². The molecule has 6 nitrogen and oxygen atoms in total. The second-order valence-corrected chi connectivity index (χ2v) is 5.16. The Morgan fingerprint density at radius 2 is 1.83 bits per heavy atom. The molecule has 1 aromatic carbocycles. The lowest BCUT2D eigenvalue weighted by Gasteiger charge is -2.18. The molecule has 23 heavy (non-hydrogen) atoms. The van der Waals surface area contributed by atoms with E-state index in [1.807, 2.05) is 13.8 Å². The number of rotatable bonds is 6. The summed E-state index contributed by atoms with van der Waals surface area (Å²) in [5.41, 5.74) is 9.07. The molecule has 1 atom stereocenters. The van der Waals surface area contributed by atoms with Gasteiger partial charge in [0.2, 0.25) is 0 Å². The van der Waals surface area contributed by atoms with Crippen molar-refractivity contribution >= 4 is 17.6 Å². The van der Waals surface area contributed by atoms with Crippen LogP contribution in [0.1, 0.15) is 23.6 Å². The molecule has 6 heteroatoms. The minimum atomic E-state index is -0.968. The summed E-state index contributed by atoms with van der Waals surface area (Å²) < 4.78 is 5.01. The average Bonchev–Trinajstić information content (AvgIpc) is 2.48. The summed E-state index contributed by atoms with van der Waals surface area (Å²) in [6.45, 7) is 11.4. The maximum absolute atomic E-state index is 11.7. The van der Waals surface area contributed by atoms with Crippen molar-refractivity contribution < 1.29 is 19.4 Å². The molecular weight excluding hydrogens is 296 g/mol. The van der Waals surface area contributed by atoms with E-state index in [2.05, 4.69) is 36.7 Å². The van der Waals surface area contributed by atoms with Gasteiger partial charge in [0.1, 0.15) is 12.6 Å². The van der Waals surface area contributed by atoms with Crippen molar-refractivity contribution in [2.75, 3.05) is 18.5 Å². The number of carboxylic acids is 1. The topological polar surface area (TPSA) is 102 Å². The summed E-state index contributed by atoms with van der Waals surface area (Å²) in [5, 5.41) is 10.8. The van der Waals surface area contributed by atoms with Gasteiger partial charge in [-0.05, 0) is 38.8 Å². The standard InChI is InChI=1S/C15H21NO2.C2H5NO2/c1-6-7-18-15(17)13(5)16-14-11(3)8-10(2)9-12(14)4;3-1-2(4)5/h6,8-9,13,16H,1,7H2,2-5H3;1,3H2,(H,4,5)/t13-;/m0./s1. The average molecular weight is 322 g/mol. The molecule has 0 aliphatic heterocycles. The maximum atomic E-state index is 11.7. The first-order chi connectivity index (χ1) is 10.7. The number of aryl methyl sites for hydroxylation is 3. The number of anilines is 1. The molecule has 0 aliphatic carbocycles. The highest BCUT2D eigenvalue weighted by atomic mass is 16.5. The Morgan fingerprint density at radius 1 is 1.35 bits per heavy atom. The Labute approximate surface area is 137 Å². The van der Waals surface area contributed by atoms with Crippen molar-refractivity contribution in [3.8, 4) is 0 Å². The minimum absolute atomic E-state index is 0.247. The molecule has 0 spiro atoms. The summed E-state index contributed by atoms with van der Waals surface area (Å²) in [4.78, 5) is 20.9. The zero-order valence-corrected chi connectivity index (χ0v) is 14.2. The number of carbonyl (C=O) groups is 2. The number of nitrogens with two attached hydrogens (primary N) is 1. The highest BCUT2D eigenvalue weighted by molar-refractivity contribution is 5.79. The quantitative estimate of drug-likeness (QED) is 0.548. The van der Waals surface area contributed by atoms with Crippen LogP contribution in [0.3, 0.4) is 0 Å². The first-order valence-electron chi connectivity index (χ1n) is 7.26. The molecule has 0 bridgehead atoms.